The summed E-state index contributed by atoms with van der Waals surface area (Å²) in [7, 11) is 1.53. The summed E-state index contributed by atoms with van der Waals surface area (Å²) in [5, 5.41) is 0. The molecule has 0 N–H and O–H groups in total. The highest BCUT2D eigenvalue weighted by Crippen LogP contribution is 2.36. The number of nitrogens with zero attached hydrogens (tertiary/aromatic N) is 2. The first-order valence-corrected chi connectivity index (χ1v) is 12.3. The fourth-order valence-corrected chi connectivity index (χ4v) is 4.78. The van der Waals surface area contributed by atoms with Crippen LogP contribution < -0.4 is 14.4 Å². The van der Waals surface area contributed by atoms with Gasteiger partial charge in [-0.2, -0.15) is 0 Å². The van der Waals surface area contributed by atoms with E-state index in [2.05, 4.69) is 0 Å². The summed E-state index contributed by atoms with van der Waals surface area (Å²) >= 11 is 0. The Hall–Kier alpha value is -4.39. The lowest BCUT2D eigenvalue weighted by Crippen LogP contribution is -2.42. The molecule has 0 atom stereocenters. The Morgan fingerprint density at radius 1 is 0.892 bits per heavy atom. The van der Waals surface area contributed by atoms with Crippen LogP contribution >= 0.6 is 0 Å². The van der Waals surface area contributed by atoms with E-state index in [0.29, 0.717) is 39.4 Å². The van der Waals surface area contributed by atoms with Gasteiger partial charge in [-0.05, 0) is 66.8 Å². The summed E-state index contributed by atoms with van der Waals surface area (Å²) < 4.78 is 11.3. The van der Waals surface area contributed by atoms with Crippen LogP contribution in [0.15, 0.2) is 66.7 Å². The molecule has 1 fully saturated rings. The zero-order valence-electron chi connectivity index (χ0n) is 20.9. The van der Waals surface area contributed by atoms with Gasteiger partial charge in [-0.3, -0.25) is 14.4 Å². The number of ether oxygens (including phenoxy) is 2. The molecule has 0 aromatic heterocycles. The number of carbonyl (C=O) groups is 3. The van der Waals surface area contributed by atoms with Gasteiger partial charge in [0.2, 0.25) is 0 Å². The third-order valence-electron chi connectivity index (χ3n) is 6.75. The van der Waals surface area contributed by atoms with E-state index in [9.17, 15) is 14.4 Å². The Morgan fingerprint density at radius 2 is 1.59 bits per heavy atom. The van der Waals surface area contributed by atoms with Gasteiger partial charge in [-0.25, -0.2) is 4.90 Å². The number of likely N-dealkylation sites (tertiary alicyclic amines) is 1. The average Bonchev–Trinajstić information content (AvgIpc) is 3.46. The maximum Gasteiger partial charge on any atom is 0.265 e. The van der Waals surface area contributed by atoms with Crippen LogP contribution in [0.4, 0.5) is 5.69 Å². The Labute approximate surface area is 215 Å². The van der Waals surface area contributed by atoms with E-state index in [1.54, 1.807) is 53.4 Å². The number of imide groups is 1. The van der Waals surface area contributed by atoms with Gasteiger partial charge in [0.05, 0.1) is 12.8 Å². The molecule has 2 aliphatic heterocycles. The molecule has 188 valence electrons. The summed E-state index contributed by atoms with van der Waals surface area (Å²) in [6.07, 6.45) is 3.79. The Morgan fingerprint density at radius 3 is 2.32 bits per heavy atom. The van der Waals surface area contributed by atoms with Gasteiger partial charge in [0.25, 0.3) is 17.7 Å². The number of hydrogen-bond donors (Lipinski definition) is 0. The molecule has 1 saturated heterocycles. The van der Waals surface area contributed by atoms with E-state index in [4.69, 9.17) is 9.47 Å². The number of fused-ring (bicyclic) bond motifs is 1. The molecule has 0 radical (unpaired) electrons. The van der Waals surface area contributed by atoms with Crippen molar-refractivity contribution in [1.29, 1.82) is 0 Å². The normalized spacial score (nSPS) is 16.2. The van der Waals surface area contributed by atoms with E-state index in [1.807, 2.05) is 31.2 Å². The topological polar surface area (TPSA) is 76.1 Å². The van der Waals surface area contributed by atoms with E-state index < -0.39 is 5.91 Å². The van der Waals surface area contributed by atoms with Crippen molar-refractivity contribution in [3.8, 4) is 11.5 Å². The van der Waals surface area contributed by atoms with E-state index >= 15 is 0 Å². The predicted octanol–water partition coefficient (Wildman–Crippen LogP) is 4.73. The summed E-state index contributed by atoms with van der Waals surface area (Å²) in [5.41, 5.74) is 3.53. The van der Waals surface area contributed by atoms with Gasteiger partial charge >= 0.3 is 0 Å². The van der Waals surface area contributed by atoms with Crippen LogP contribution in [0, 0.1) is 6.92 Å². The highest BCUT2D eigenvalue weighted by atomic mass is 16.5. The average molecular weight is 497 g/mol. The lowest BCUT2D eigenvalue weighted by molar-refractivity contribution is -0.132. The number of aryl methyl sites for hydroxylation is 1. The Balaban J connectivity index is 1.48. The number of benzene rings is 3. The fourth-order valence-electron chi connectivity index (χ4n) is 4.78. The number of anilines is 1. The van der Waals surface area contributed by atoms with Crippen LogP contribution in [0.3, 0.4) is 0 Å². The second kappa shape index (κ2) is 10.3. The Kier molecular flexibility index (Phi) is 6.77. The molecule has 5 rings (SSSR count). The lowest BCUT2D eigenvalue weighted by Gasteiger charge is -2.29. The molecule has 3 amide bonds. The molecule has 0 unspecified atom stereocenters. The first-order chi connectivity index (χ1) is 18.0. The Bertz CT molecular complexity index is 1400. The van der Waals surface area contributed by atoms with Gasteiger partial charge in [0, 0.05) is 24.2 Å². The zero-order valence-corrected chi connectivity index (χ0v) is 20.9. The monoisotopic (exact) mass is 496 g/mol. The van der Waals surface area contributed by atoms with Crippen molar-refractivity contribution >= 4 is 35.1 Å². The van der Waals surface area contributed by atoms with Crippen molar-refractivity contribution in [3.63, 3.8) is 0 Å². The SMILES string of the molecule is COc1cc(/C=C2\C(=O)N(c3ccccc3C)C(=O)c3ccccc32)ccc1OCC(=O)N1CCCC1. The standard InChI is InChI=1S/C30H28N2O5/c1-20-9-3-6-12-25(20)32-29(34)23-11-5-4-10-22(23)24(30(32)35)17-21-13-14-26(27(18-21)36-2)37-19-28(33)31-15-7-8-16-31/h3-6,9-14,17-18H,7-8,15-16,19H2,1-2H3/b24-17-. The number of hydrogen-bond acceptors (Lipinski definition) is 5. The molecular formula is C30H28N2O5. The highest BCUT2D eigenvalue weighted by Gasteiger charge is 2.36. The van der Waals surface area contributed by atoms with E-state index in [0.717, 1.165) is 31.5 Å². The van der Waals surface area contributed by atoms with Crippen molar-refractivity contribution in [2.24, 2.45) is 0 Å². The summed E-state index contributed by atoms with van der Waals surface area (Å²) in [5.74, 6) is 0.108. The first kappa shape index (κ1) is 24.3. The number of rotatable bonds is 6. The molecule has 0 spiro atoms. The number of amides is 3. The molecule has 0 bridgehead atoms. The van der Waals surface area contributed by atoms with Crippen molar-refractivity contribution in [2.45, 2.75) is 19.8 Å². The molecule has 2 heterocycles. The van der Waals surface area contributed by atoms with Gasteiger partial charge in [0.1, 0.15) is 0 Å². The summed E-state index contributed by atoms with van der Waals surface area (Å²) in [6.45, 7) is 3.35. The molecular weight excluding hydrogens is 468 g/mol. The summed E-state index contributed by atoms with van der Waals surface area (Å²) in [4.78, 5) is 42.5. The highest BCUT2D eigenvalue weighted by molar-refractivity contribution is 6.43. The third kappa shape index (κ3) is 4.72. The maximum atomic E-state index is 13.7. The zero-order chi connectivity index (χ0) is 25.9. The number of methoxy groups -OCH3 is 1. The minimum atomic E-state index is -0.395. The maximum absolute atomic E-state index is 13.7. The van der Waals surface area contributed by atoms with Crippen molar-refractivity contribution in [3.05, 3.63) is 89.0 Å². The van der Waals surface area contributed by atoms with Crippen molar-refractivity contribution < 1.29 is 23.9 Å². The smallest absolute Gasteiger partial charge is 0.265 e. The second-order valence-electron chi connectivity index (χ2n) is 9.12. The second-order valence-corrected chi connectivity index (χ2v) is 9.12. The van der Waals surface area contributed by atoms with Crippen molar-refractivity contribution in [1.82, 2.24) is 4.90 Å². The molecule has 3 aromatic carbocycles. The third-order valence-corrected chi connectivity index (χ3v) is 6.75. The predicted molar refractivity (Wildman–Crippen MR) is 142 cm³/mol. The number of carbonyl (C=O) groups excluding carboxylic acids is 3. The molecule has 37 heavy (non-hydrogen) atoms. The molecule has 2 aliphatic rings. The molecule has 3 aromatic rings. The molecule has 7 nitrogen and oxygen atoms in total. The van der Waals surface area contributed by atoms with Gasteiger partial charge in [0.15, 0.2) is 18.1 Å². The van der Waals surface area contributed by atoms with Crippen LogP contribution in [0.1, 0.15) is 39.9 Å². The quantitative estimate of drug-likeness (QED) is 0.364. The molecule has 0 aliphatic carbocycles. The van der Waals surface area contributed by atoms with Crippen LogP contribution in [0.25, 0.3) is 11.6 Å². The summed E-state index contributed by atoms with van der Waals surface area (Å²) in [6, 6.07) is 19.7. The van der Waals surface area contributed by atoms with Crippen LogP contribution in [-0.4, -0.2) is 49.4 Å². The van der Waals surface area contributed by atoms with Crippen molar-refractivity contribution in [2.75, 3.05) is 31.7 Å². The van der Waals surface area contributed by atoms with Crippen LogP contribution in [0.5, 0.6) is 11.5 Å². The minimum absolute atomic E-state index is 0.0453. The molecule has 7 heteroatoms. The van der Waals surface area contributed by atoms with Gasteiger partial charge in [-0.15, -0.1) is 0 Å². The minimum Gasteiger partial charge on any atom is -0.493 e. The van der Waals surface area contributed by atoms with E-state index in [1.165, 1.54) is 12.0 Å². The lowest BCUT2D eigenvalue weighted by atomic mass is 9.91. The fraction of sp³-hybridized carbons (Fsp3) is 0.233. The first-order valence-electron chi connectivity index (χ1n) is 12.3. The van der Waals surface area contributed by atoms with Gasteiger partial charge in [-0.1, -0.05) is 42.5 Å². The van der Waals surface area contributed by atoms with Crippen LogP contribution in [0.2, 0.25) is 0 Å². The number of para-hydroxylation sites is 1. The largest absolute Gasteiger partial charge is 0.493 e. The van der Waals surface area contributed by atoms with Crippen LogP contribution in [-0.2, 0) is 9.59 Å². The van der Waals surface area contributed by atoms with Gasteiger partial charge < -0.3 is 14.4 Å². The molecule has 0 saturated carbocycles. The van der Waals surface area contributed by atoms with E-state index in [-0.39, 0.29) is 18.4 Å².